The van der Waals surface area contributed by atoms with E-state index in [0.29, 0.717) is 5.69 Å². The van der Waals surface area contributed by atoms with Crippen LogP contribution in [0.25, 0.3) is 11.3 Å². The zero-order valence-electron chi connectivity index (χ0n) is 12.4. The average molecular weight is 356 g/mol. The van der Waals surface area contributed by atoms with E-state index in [4.69, 9.17) is 5.11 Å². The fraction of sp³-hybridized carbons (Fsp3) is 0.231. The maximum Gasteiger partial charge on any atom is 0.573 e. The largest absolute Gasteiger partial charge is 0.573 e. The van der Waals surface area contributed by atoms with Gasteiger partial charge in [-0.3, -0.25) is 0 Å². The molecule has 1 aromatic carbocycles. The van der Waals surface area contributed by atoms with Crippen molar-refractivity contribution in [1.82, 2.24) is 20.3 Å². The lowest BCUT2D eigenvalue weighted by Gasteiger charge is -2.12. The molecule has 0 aliphatic carbocycles. The number of nitrogens with zero attached hydrogens (tertiary/aromatic N) is 4. The number of rotatable bonds is 6. The molecule has 0 spiro atoms. The van der Waals surface area contributed by atoms with Crippen LogP contribution in [0.2, 0.25) is 0 Å². The highest BCUT2D eigenvalue weighted by atomic mass is 19.4. The first-order valence-electron chi connectivity index (χ1n) is 6.92. The molecule has 0 saturated heterocycles. The lowest BCUT2D eigenvalue weighted by atomic mass is 10.3. The van der Waals surface area contributed by atoms with Crippen molar-refractivity contribution in [1.29, 1.82) is 0 Å². The van der Waals surface area contributed by atoms with Gasteiger partial charge >= 0.3 is 6.36 Å². The van der Waals surface area contributed by atoms with Crippen molar-refractivity contribution in [3.05, 3.63) is 24.3 Å². The van der Waals surface area contributed by atoms with Gasteiger partial charge in [0.1, 0.15) is 5.75 Å². The zero-order chi connectivity index (χ0) is 17.9. The number of benzene rings is 1. The molecule has 0 aliphatic rings. The molecule has 0 bridgehead atoms. The molecule has 2 aromatic heterocycles. The highest BCUT2D eigenvalue weighted by molar-refractivity contribution is 5.76. The van der Waals surface area contributed by atoms with Crippen molar-refractivity contribution in [3.63, 3.8) is 0 Å². The summed E-state index contributed by atoms with van der Waals surface area (Å²) < 4.78 is 44.9. The van der Waals surface area contributed by atoms with Crippen molar-refractivity contribution in [3.8, 4) is 5.75 Å². The number of aliphatic hydroxyl groups excluding tert-OH is 1. The summed E-state index contributed by atoms with van der Waals surface area (Å²) in [5.74, 6) is 0.160. The molecule has 0 unspecified atom stereocenters. The number of anilines is 3. The molecule has 132 valence electrons. The topological polar surface area (TPSA) is 118 Å². The van der Waals surface area contributed by atoms with E-state index in [2.05, 4.69) is 40.3 Å². The van der Waals surface area contributed by atoms with E-state index in [-0.39, 0.29) is 41.8 Å². The minimum absolute atomic E-state index is 0.139. The van der Waals surface area contributed by atoms with E-state index in [1.54, 1.807) is 0 Å². The van der Waals surface area contributed by atoms with E-state index < -0.39 is 6.36 Å². The summed E-state index contributed by atoms with van der Waals surface area (Å²) in [7, 11) is 0. The Morgan fingerprint density at radius 3 is 2.28 bits per heavy atom. The van der Waals surface area contributed by atoms with Crippen LogP contribution < -0.4 is 15.4 Å². The maximum absolute atomic E-state index is 12.2. The number of ether oxygens (including phenoxy) is 1. The summed E-state index contributed by atoms with van der Waals surface area (Å²) in [5.41, 5.74) is 0.751. The quantitative estimate of drug-likeness (QED) is 0.610. The molecule has 0 atom stereocenters. The number of aliphatic hydroxyl groups is 1. The van der Waals surface area contributed by atoms with E-state index in [1.165, 1.54) is 12.1 Å². The SMILES string of the molecule is OCCNc1nc2nonc2nc1Nc1ccc(OC(F)(F)F)cc1. The van der Waals surface area contributed by atoms with E-state index in [1.807, 2.05) is 0 Å². The summed E-state index contributed by atoms with van der Waals surface area (Å²) in [6, 6.07) is 5.06. The third-order valence-electron chi connectivity index (χ3n) is 2.87. The monoisotopic (exact) mass is 356 g/mol. The van der Waals surface area contributed by atoms with Crippen LogP contribution in [0.1, 0.15) is 0 Å². The van der Waals surface area contributed by atoms with Gasteiger partial charge in [-0.2, -0.15) is 0 Å². The first-order chi connectivity index (χ1) is 11.9. The Kier molecular flexibility index (Phi) is 4.52. The van der Waals surface area contributed by atoms with Gasteiger partial charge in [0, 0.05) is 12.2 Å². The minimum atomic E-state index is -4.76. The Morgan fingerprint density at radius 1 is 1.04 bits per heavy atom. The number of halogens is 3. The number of aromatic nitrogens is 4. The van der Waals surface area contributed by atoms with Crippen LogP contribution >= 0.6 is 0 Å². The lowest BCUT2D eigenvalue weighted by Crippen LogP contribution is -2.17. The second-order valence-electron chi connectivity index (χ2n) is 4.68. The zero-order valence-corrected chi connectivity index (χ0v) is 12.4. The molecule has 9 nitrogen and oxygen atoms in total. The molecule has 0 saturated carbocycles. The Bertz CT molecular complexity index is 852. The van der Waals surface area contributed by atoms with Crippen LogP contribution in [0.4, 0.5) is 30.5 Å². The highest BCUT2D eigenvalue weighted by Crippen LogP contribution is 2.27. The van der Waals surface area contributed by atoms with Crippen LogP contribution in [0.15, 0.2) is 28.9 Å². The number of nitrogens with one attached hydrogen (secondary N) is 2. The third kappa shape index (κ3) is 4.23. The van der Waals surface area contributed by atoms with Crippen LogP contribution in [0, 0.1) is 0 Å². The van der Waals surface area contributed by atoms with Crippen molar-refractivity contribution in [2.24, 2.45) is 0 Å². The summed E-state index contributed by atoms with van der Waals surface area (Å²) in [4.78, 5) is 8.32. The van der Waals surface area contributed by atoms with Gasteiger partial charge in [0.25, 0.3) is 0 Å². The maximum atomic E-state index is 12.2. The highest BCUT2D eigenvalue weighted by Gasteiger charge is 2.30. The molecule has 3 N–H and O–H groups in total. The first-order valence-corrected chi connectivity index (χ1v) is 6.92. The second-order valence-corrected chi connectivity index (χ2v) is 4.68. The molecule has 0 amide bonds. The standard InChI is InChI=1S/C13H11F3N6O3/c14-13(15,16)24-8-3-1-7(2-4-8)18-10-9(17-5-6-23)19-11-12(20-10)22-25-21-11/h1-4,23H,5-6H2,(H,17,19,21)(H,18,20,22). The Hall–Kier alpha value is -3.15. The van der Waals surface area contributed by atoms with E-state index >= 15 is 0 Å². The Labute approximate surface area is 137 Å². The molecular weight excluding hydrogens is 345 g/mol. The number of hydrogen-bond acceptors (Lipinski definition) is 9. The molecule has 0 aliphatic heterocycles. The van der Waals surface area contributed by atoms with Gasteiger partial charge in [-0.1, -0.05) is 0 Å². The van der Waals surface area contributed by atoms with Crippen LogP contribution in [0.5, 0.6) is 5.75 Å². The molecule has 3 aromatic rings. The second kappa shape index (κ2) is 6.76. The van der Waals surface area contributed by atoms with Crippen molar-refractivity contribution in [2.45, 2.75) is 6.36 Å². The summed E-state index contributed by atoms with van der Waals surface area (Å²) in [6.45, 7) is 0.0677. The van der Waals surface area contributed by atoms with Gasteiger partial charge in [0.05, 0.1) is 6.61 Å². The van der Waals surface area contributed by atoms with Gasteiger partial charge in [0.15, 0.2) is 11.6 Å². The molecular formula is C13H11F3N6O3. The fourth-order valence-electron chi connectivity index (χ4n) is 1.90. The van der Waals surface area contributed by atoms with E-state index in [9.17, 15) is 13.2 Å². The third-order valence-corrected chi connectivity index (χ3v) is 2.87. The number of fused-ring (bicyclic) bond motifs is 1. The Morgan fingerprint density at radius 2 is 1.68 bits per heavy atom. The van der Waals surface area contributed by atoms with Crippen LogP contribution in [0.3, 0.4) is 0 Å². The smallest absolute Gasteiger partial charge is 0.406 e. The first kappa shape index (κ1) is 16.7. The van der Waals surface area contributed by atoms with Gasteiger partial charge in [-0.15, -0.1) is 13.2 Å². The van der Waals surface area contributed by atoms with Gasteiger partial charge in [-0.25, -0.2) is 14.6 Å². The van der Waals surface area contributed by atoms with E-state index in [0.717, 1.165) is 12.1 Å². The average Bonchev–Trinajstić information content (AvgIpc) is 3.00. The summed E-state index contributed by atoms with van der Waals surface area (Å²) in [6.07, 6.45) is -4.76. The summed E-state index contributed by atoms with van der Waals surface area (Å²) in [5, 5.41) is 21.8. The normalized spacial score (nSPS) is 11.5. The fourth-order valence-corrected chi connectivity index (χ4v) is 1.90. The number of hydrogen-bond donors (Lipinski definition) is 3. The van der Waals surface area contributed by atoms with Gasteiger partial charge in [0.2, 0.25) is 11.3 Å². The Balaban J connectivity index is 1.83. The molecule has 0 fully saturated rings. The molecule has 25 heavy (non-hydrogen) atoms. The van der Waals surface area contributed by atoms with Crippen molar-refractivity contribution in [2.75, 3.05) is 23.8 Å². The number of alkyl halides is 3. The predicted octanol–water partition coefficient (Wildman–Crippen LogP) is 2.06. The predicted molar refractivity (Wildman–Crippen MR) is 79.4 cm³/mol. The minimum Gasteiger partial charge on any atom is -0.406 e. The molecule has 0 radical (unpaired) electrons. The van der Waals surface area contributed by atoms with Crippen LogP contribution in [-0.2, 0) is 0 Å². The lowest BCUT2D eigenvalue weighted by molar-refractivity contribution is -0.274. The van der Waals surface area contributed by atoms with Gasteiger partial charge in [-0.05, 0) is 34.6 Å². The molecule has 2 heterocycles. The molecule has 12 heteroatoms. The molecule has 3 rings (SSSR count). The summed E-state index contributed by atoms with van der Waals surface area (Å²) >= 11 is 0. The van der Waals surface area contributed by atoms with Crippen LogP contribution in [-0.4, -0.2) is 44.9 Å². The van der Waals surface area contributed by atoms with Crippen molar-refractivity contribution >= 4 is 28.6 Å². The van der Waals surface area contributed by atoms with Gasteiger partial charge < -0.3 is 20.5 Å². The van der Waals surface area contributed by atoms with Crippen molar-refractivity contribution < 1.29 is 27.6 Å².